The molecule has 0 aliphatic rings. The van der Waals surface area contributed by atoms with Crippen LogP contribution < -0.4 is 4.74 Å². The summed E-state index contributed by atoms with van der Waals surface area (Å²) in [5, 5.41) is 12.8. The van der Waals surface area contributed by atoms with Crippen LogP contribution in [0, 0.1) is 0 Å². The van der Waals surface area contributed by atoms with E-state index in [1.165, 1.54) is 0 Å². The molecule has 0 bridgehead atoms. The Kier molecular flexibility index (Phi) is 3.79. The van der Waals surface area contributed by atoms with E-state index in [1.807, 2.05) is 0 Å². The minimum atomic E-state index is -0.777. The summed E-state index contributed by atoms with van der Waals surface area (Å²) in [4.78, 5) is 2.58. The first-order chi connectivity index (χ1) is 6.77. The van der Waals surface area contributed by atoms with Crippen molar-refractivity contribution in [1.82, 2.24) is 0 Å². The third kappa shape index (κ3) is 2.65. The number of hydrogen-bond donors (Lipinski definition) is 1. The van der Waals surface area contributed by atoms with Gasteiger partial charge in [0.05, 0.1) is 19.8 Å². The lowest BCUT2D eigenvalue weighted by Gasteiger charge is -2.08. The number of aliphatic hydroxyl groups is 1. The van der Waals surface area contributed by atoms with Gasteiger partial charge in [0.1, 0.15) is 5.75 Å². The first-order valence-electron chi connectivity index (χ1n) is 4.11. The van der Waals surface area contributed by atoms with Crippen molar-refractivity contribution >= 4 is 0 Å². The zero-order valence-electron chi connectivity index (χ0n) is 7.79. The molecule has 0 radical (unpaired) electrons. The van der Waals surface area contributed by atoms with Gasteiger partial charge in [0.15, 0.2) is 0 Å². The Morgan fingerprint density at radius 2 is 2.43 bits per heavy atom. The molecule has 74 valence electrons. The fraction of sp³-hybridized carbons (Fsp3) is 0.333. The van der Waals surface area contributed by atoms with Crippen molar-refractivity contribution in [2.24, 2.45) is 5.11 Å². The average molecular weight is 193 g/mol. The maximum Gasteiger partial charge on any atom is 0.119 e. The molecule has 0 fully saturated rings. The van der Waals surface area contributed by atoms with Crippen molar-refractivity contribution < 1.29 is 9.84 Å². The molecule has 1 aromatic rings. The van der Waals surface area contributed by atoms with Crippen LogP contribution >= 0.6 is 0 Å². The summed E-state index contributed by atoms with van der Waals surface area (Å²) in [7, 11) is 1.55. The predicted octanol–water partition coefficient (Wildman–Crippen LogP) is 2.04. The molecular formula is C9H11N3O2. The zero-order chi connectivity index (χ0) is 10.4. The van der Waals surface area contributed by atoms with E-state index in [0.29, 0.717) is 11.3 Å². The van der Waals surface area contributed by atoms with E-state index >= 15 is 0 Å². The molecule has 5 heteroatoms. The third-order valence-corrected chi connectivity index (χ3v) is 1.80. The van der Waals surface area contributed by atoms with Gasteiger partial charge in [-0.25, -0.2) is 0 Å². The molecule has 0 heterocycles. The van der Waals surface area contributed by atoms with Crippen molar-refractivity contribution in [3.8, 4) is 5.75 Å². The van der Waals surface area contributed by atoms with Gasteiger partial charge in [-0.1, -0.05) is 17.2 Å². The molecule has 0 saturated heterocycles. The Hall–Kier alpha value is -1.71. The van der Waals surface area contributed by atoms with Gasteiger partial charge in [-0.15, -0.1) is 0 Å². The summed E-state index contributed by atoms with van der Waals surface area (Å²) < 4.78 is 4.99. The summed E-state index contributed by atoms with van der Waals surface area (Å²) >= 11 is 0. The predicted molar refractivity (Wildman–Crippen MR) is 52.0 cm³/mol. The van der Waals surface area contributed by atoms with Crippen LogP contribution in [-0.2, 0) is 0 Å². The first-order valence-corrected chi connectivity index (χ1v) is 4.11. The molecule has 0 aliphatic carbocycles. The standard InChI is InChI=1S/C9H11N3O2/c1-14-8-4-2-3-7(5-8)9(13)6-11-12-10/h2-5,9,13H,6H2,1H3. The van der Waals surface area contributed by atoms with Gasteiger partial charge in [-0.3, -0.25) is 0 Å². The maximum atomic E-state index is 9.55. The van der Waals surface area contributed by atoms with E-state index in [2.05, 4.69) is 10.0 Å². The van der Waals surface area contributed by atoms with E-state index in [9.17, 15) is 5.11 Å². The summed E-state index contributed by atoms with van der Waals surface area (Å²) in [6, 6.07) is 7.01. The molecule has 1 atom stereocenters. The number of aliphatic hydroxyl groups excluding tert-OH is 1. The topological polar surface area (TPSA) is 78.2 Å². The van der Waals surface area contributed by atoms with Gasteiger partial charge < -0.3 is 9.84 Å². The van der Waals surface area contributed by atoms with E-state index in [4.69, 9.17) is 10.3 Å². The van der Waals surface area contributed by atoms with Gasteiger partial charge in [0.25, 0.3) is 0 Å². The highest BCUT2D eigenvalue weighted by atomic mass is 16.5. The van der Waals surface area contributed by atoms with Gasteiger partial charge in [0.2, 0.25) is 0 Å². The van der Waals surface area contributed by atoms with E-state index < -0.39 is 6.10 Å². The molecule has 0 aromatic heterocycles. The molecule has 1 N–H and O–H groups in total. The van der Waals surface area contributed by atoms with Gasteiger partial charge >= 0.3 is 0 Å². The molecule has 1 unspecified atom stereocenters. The molecule has 1 rings (SSSR count). The van der Waals surface area contributed by atoms with Crippen molar-refractivity contribution in [3.63, 3.8) is 0 Å². The number of azide groups is 1. The van der Waals surface area contributed by atoms with Gasteiger partial charge in [0, 0.05) is 4.91 Å². The van der Waals surface area contributed by atoms with Crippen LogP contribution in [-0.4, -0.2) is 18.8 Å². The third-order valence-electron chi connectivity index (χ3n) is 1.80. The fourth-order valence-electron chi connectivity index (χ4n) is 1.07. The Labute approximate surface area is 81.6 Å². The lowest BCUT2D eigenvalue weighted by Crippen LogP contribution is -2.00. The van der Waals surface area contributed by atoms with E-state index in [1.54, 1.807) is 31.4 Å². The van der Waals surface area contributed by atoms with Gasteiger partial charge in [-0.05, 0) is 23.2 Å². The number of methoxy groups -OCH3 is 1. The number of ether oxygens (including phenoxy) is 1. The molecule has 14 heavy (non-hydrogen) atoms. The Bertz CT molecular complexity index is 348. The van der Waals surface area contributed by atoms with Crippen LogP contribution in [0.4, 0.5) is 0 Å². The van der Waals surface area contributed by atoms with Crippen LogP contribution in [0.2, 0.25) is 0 Å². The molecule has 0 spiro atoms. The molecule has 5 nitrogen and oxygen atoms in total. The lowest BCUT2D eigenvalue weighted by atomic mass is 10.1. The Balaban J connectivity index is 2.78. The number of benzene rings is 1. The van der Waals surface area contributed by atoms with Gasteiger partial charge in [-0.2, -0.15) is 0 Å². The second kappa shape index (κ2) is 5.11. The minimum absolute atomic E-state index is 0.0314. The number of rotatable bonds is 4. The SMILES string of the molecule is COc1cccc(C(O)CN=[N+]=[N-])c1. The van der Waals surface area contributed by atoms with Crippen LogP contribution in [0.1, 0.15) is 11.7 Å². The van der Waals surface area contributed by atoms with Crippen molar-refractivity contribution in [3.05, 3.63) is 40.3 Å². The maximum absolute atomic E-state index is 9.55. The highest BCUT2D eigenvalue weighted by molar-refractivity contribution is 5.29. The van der Waals surface area contributed by atoms with Crippen LogP contribution in [0.15, 0.2) is 29.4 Å². The molecule has 0 aliphatic heterocycles. The number of hydrogen-bond acceptors (Lipinski definition) is 3. The second-order valence-electron chi connectivity index (χ2n) is 2.71. The molecule has 1 aromatic carbocycles. The summed E-state index contributed by atoms with van der Waals surface area (Å²) in [5.41, 5.74) is 8.76. The normalized spacial score (nSPS) is 11.6. The van der Waals surface area contributed by atoms with Crippen LogP contribution in [0.5, 0.6) is 5.75 Å². The van der Waals surface area contributed by atoms with Crippen LogP contribution in [0.25, 0.3) is 10.4 Å². The number of nitrogens with zero attached hydrogens (tertiary/aromatic N) is 3. The van der Waals surface area contributed by atoms with Crippen molar-refractivity contribution in [2.75, 3.05) is 13.7 Å². The molecular weight excluding hydrogens is 182 g/mol. The quantitative estimate of drug-likeness (QED) is 0.451. The highest BCUT2D eigenvalue weighted by Gasteiger charge is 2.06. The largest absolute Gasteiger partial charge is 0.497 e. The van der Waals surface area contributed by atoms with Crippen LogP contribution in [0.3, 0.4) is 0 Å². The lowest BCUT2D eigenvalue weighted by molar-refractivity contribution is 0.186. The Morgan fingerprint density at radius 1 is 1.64 bits per heavy atom. The summed E-state index contributed by atoms with van der Waals surface area (Å²) in [6.07, 6.45) is -0.777. The van der Waals surface area contributed by atoms with Crippen molar-refractivity contribution in [1.29, 1.82) is 0 Å². The first kappa shape index (κ1) is 10.4. The summed E-state index contributed by atoms with van der Waals surface area (Å²) in [6.45, 7) is 0.0314. The molecule has 0 amide bonds. The average Bonchev–Trinajstić information content (AvgIpc) is 2.26. The summed E-state index contributed by atoms with van der Waals surface area (Å²) in [5.74, 6) is 0.669. The van der Waals surface area contributed by atoms with E-state index in [0.717, 1.165) is 0 Å². The second-order valence-corrected chi connectivity index (χ2v) is 2.71. The minimum Gasteiger partial charge on any atom is -0.497 e. The smallest absolute Gasteiger partial charge is 0.119 e. The van der Waals surface area contributed by atoms with Crippen molar-refractivity contribution in [2.45, 2.75) is 6.10 Å². The Morgan fingerprint density at radius 3 is 3.07 bits per heavy atom. The molecule has 0 saturated carbocycles. The highest BCUT2D eigenvalue weighted by Crippen LogP contribution is 2.19. The zero-order valence-corrected chi connectivity index (χ0v) is 7.79. The fourth-order valence-corrected chi connectivity index (χ4v) is 1.07. The monoisotopic (exact) mass is 193 g/mol. The van der Waals surface area contributed by atoms with E-state index in [-0.39, 0.29) is 6.54 Å².